The number of carboxylic acid groups (broad SMARTS) is 1. The highest BCUT2D eigenvalue weighted by molar-refractivity contribution is 7.99. The highest BCUT2D eigenvalue weighted by atomic mass is 32.2. The van der Waals surface area contributed by atoms with Crippen LogP contribution < -0.4 is 0 Å². The van der Waals surface area contributed by atoms with E-state index in [1.165, 1.54) is 11.8 Å². The average Bonchev–Trinajstić information content (AvgIpc) is 2.65. The highest BCUT2D eigenvalue weighted by Crippen LogP contribution is 2.24. The second kappa shape index (κ2) is 4.31. The molecule has 0 saturated carbocycles. The van der Waals surface area contributed by atoms with Crippen LogP contribution in [0.5, 0.6) is 0 Å². The van der Waals surface area contributed by atoms with Gasteiger partial charge in [-0.25, -0.2) is 9.97 Å². The number of aromatic amines is 1. The zero-order valence-electron chi connectivity index (χ0n) is 7.80. The summed E-state index contributed by atoms with van der Waals surface area (Å²) in [5, 5.41) is 8.52. The van der Waals surface area contributed by atoms with Crippen molar-refractivity contribution in [3.8, 4) is 0 Å². The van der Waals surface area contributed by atoms with Crippen LogP contribution in [0, 0.1) is 0 Å². The van der Waals surface area contributed by atoms with Crippen molar-refractivity contribution < 1.29 is 9.90 Å². The van der Waals surface area contributed by atoms with Crippen LogP contribution in [0.4, 0.5) is 0 Å². The van der Waals surface area contributed by atoms with Crippen LogP contribution in [0.2, 0.25) is 0 Å². The zero-order valence-corrected chi connectivity index (χ0v) is 8.62. The minimum absolute atomic E-state index is 0.155. The summed E-state index contributed by atoms with van der Waals surface area (Å²) >= 11 is 1.49. The number of thioether (sulfide) groups is 1. The van der Waals surface area contributed by atoms with E-state index in [-0.39, 0.29) is 6.42 Å². The molecule has 0 radical (unpaired) electrons. The van der Waals surface area contributed by atoms with Gasteiger partial charge in [0.1, 0.15) is 0 Å². The summed E-state index contributed by atoms with van der Waals surface area (Å²) in [5.41, 5.74) is 1.53. The summed E-state index contributed by atoms with van der Waals surface area (Å²) in [7, 11) is 0. The lowest BCUT2D eigenvalue weighted by molar-refractivity contribution is -0.136. The molecule has 0 saturated heterocycles. The molecule has 0 atom stereocenters. The van der Waals surface area contributed by atoms with Gasteiger partial charge in [0.05, 0.1) is 18.3 Å². The minimum Gasteiger partial charge on any atom is -0.481 e. The van der Waals surface area contributed by atoms with Gasteiger partial charge in [0, 0.05) is 16.8 Å². The summed E-state index contributed by atoms with van der Waals surface area (Å²) in [6.45, 7) is 0. The number of hydrogen-bond donors (Lipinski definition) is 2. The van der Waals surface area contributed by atoms with Crippen molar-refractivity contribution in [1.29, 1.82) is 0 Å². The predicted octanol–water partition coefficient (Wildman–Crippen LogP) is 1.52. The van der Waals surface area contributed by atoms with E-state index >= 15 is 0 Å². The summed E-state index contributed by atoms with van der Waals surface area (Å²) in [4.78, 5) is 22.4. The Hall–Kier alpha value is -1.56. The number of rotatable bonds is 4. The molecule has 0 aliphatic carbocycles. The van der Waals surface area contributed by atoms with Crippen molar-refractivity contribution in [2.75, 3.05) is 5.75 Å². The van der Waals surface area contributed by atoms with E-state index in [4.69, 9.17) is 5.11 Å². The molecule has 0 aliphatic rings. The first-order chi connectivity index (χ1) is 7.27. The monoisotopic (exact) mass is 223 g/mol. The van der Waals surface area contributed by atoms with Crippen LogP contribution >= 0.6 is 11.8 Å². The Morgan fingerprint density at radius 2 is 2.40 bits per heavy atom. The zero-order chi connectivity index (χ0) is 10.7. The lowest BCUT2D eigenvalue weighted by Crippen LogP contribution is -1.95. The van der Waals surface area contributed by atoms with Crippen molar-refractivity contribution in [3.05, 3.63) is 18.6 Å². The maximum absolute atomic E-state index is 10.4. The topological polar surface area (TPSA) is 78.9 Å². The van der Waals surface area contributed by atoms with E-state index in [0.717, 1.165) is 10.4 Å². The van der Waals surface area contributed by atoms with Gasteiger partial charge >= 0.3 is 5.97 Å². The van der Waals surface area contributed by atoms with E-state index in [1.807, 2.05) is 6.07 Å². The number of fused-ring (bicyclic) bond motifs is 1. The number of nitrogens with one attached hydrogen (secondary N) is 1. The number of H-pyrrole nitrogens is 1. The summed E-state index contributed by atoms with van der Waals surface area (Å²) in [6, 6.07) is 1.85. The molecule has 2 rings (SSSR count). The third-order valence-corrected chi connectivity index (χ3v) is 2.92. The van der Waals surface area contributed by atoms with E-state index in [0.29, 0.717) is 11.4 Å². The number of imidazole rings is 1. The molecule has 0 amide bonds. The maximum Gasteiger partial charge on any atom is 0.304 e. The summed E-state index contributed by atoms with van der Waals surface area (Å²) in [6.07, 6.45) is 3.41. The van der Waals surface area contributed by atoms with Crippen molar-refractivity contribution in [2.24, 2.45) is 0 Å². The third kappa shape index (κ3) is 2.27. The standard InChI is InChI=1S/C9H9N3O2S/c13-7(14)2-4-15-6-1-3-10-9-8(6)11-5-12-9/h1,3,5H,2,4H2,(H,13,14)(H,10,11,12). The second-order valence-electron chi connectivity index (χ2n) is 2.90. The Bertz CT molecular complexity index is 483. The molecule has 6 heteroatoms. The SMILES string of the molecule is O=C(O)CCSc1ccnc2nc[nH]c12. The first-order valence-electron chi connectivity index (χ1n) is 4.40. The van der Waals surface area contributed by atoms with Gasteiger partial charge in [-0.3, -0.25) is 4.79 Å². The molecule has 2 heterocycles. The molecule has 0 bridgehead atoms. The lowest BCUT2D eigenvalue weighted by atomic mass is 10.4. The number of carboxylic acids is 1. The maximum atomic E-state index is 10.4. The van der Waals surface area contributed by atoms with Gasteiger partial charge in [-0.2, -0.15) is 0 Å². The Kier molecular flexibility index (Phi) is 2.86. The third-order valence-electron chi connectivity index (χ3n) is 1.86. The van der Waals surface area contributed by atoms with Gasteiger partial charge in [-0.05, 0) is 6.07 Å². The van der Waals surface area contributed by atoms with Crippen molar-refractivity contribution >= 4 is 28.9 Å². The van der Waals surface area contributed by atoms with Crippen LogP contribution in [0.1, 0.15) is 6.42 Å². The van der Waals surface area contributed by atoms with Crippen LogP contribution in [0.15, 0.2) is 23.5 Å². The van der Waals surface area contributed by atoms with Gasteiger partial charge in [-0.1, -0.05) is 0 Å². The van der Waals surface area contributed by atoms with E-state index < -0.39 is 5.97 Å². The molecule has 2 aromatic rings. The number of nitrogens with zero attached hydrogens (tertiary/aromatic N) is 2. The smallest absolute Gasteiger partial charge is 0.304 e. The molecule has 15 heavy (non-hydrogen) atoms. The van der Waals surface area contributed by atoms with Crippen LogP contribution in [-0.2, 0) is 4.79 Å². The van der Waals surface area contributed by atoms with Gasteiger partial charge < -0.3 is 10.1 Å². The van der Waals surface area contributed by atoms with E-state index in [2.05, 4.69) is 15.0 Å². The van der Waals surface area contributed by atoms with E-state index in [9.17, 15) is 4.79 Å². The van der Waals surface area contributed by atoms with Gasteiger partial charge in [0.15, 0.2) is 5.65 Å². The molecule has 5 nitrogen and oxygen atoms in total. The molecule has 0 spiro atoms. The molecule has 0 unspecified atom stereocenters. The molecule has 0 fully saturated rings. The van der Waals surface area contributed by atoms with E-state index in [1.54, 1.807) is 12.5 Å². The quantitative estimate of drug-likeness (QED) is 0.768. The average molecular weight is 223 g/mol. The van der Waals surface area contributed by atoms with Crippen molar-refractivity contribution in [2.45, 2.75) is 11.3 Å². The van der Waals surface area contributed by atoms with Gasteiger partial charge in [0.2, 0.25) is 0 Å². The van der Waals surface area contributed by atoms with Gasteiger partial charge in [0.25, 0.3) is 0 Å². The molecular weight excluding hydrogens is 214 g/mol. The number of carbonyl (C=O) groups is 1. The first kappa shape index (κ1) is 9.97. The number of aromatic nitrogens is 3. The van der Waals surface area contributed by atoms with Crippen LogP contribution in [-0.4, -0.2) is 31.8 Å². The van der Waals surface area contributed by atoms with Gasteiger partial charge in [-0.15, -0.1) is 11.8 Å². The molecular formula is C9H9N3O2S. The van der Waals surface area contributed by atoms with Crippen LogP contribution in [0.3, 0.4) is 0 Å². The normalized spacial score (nSPS) is 10.7. The summed E-state index contributed by atoms with van der Waals surface area (Å²) < 4.78 is 0. The first-order valence-corrected chi connectivity index (χ1v) is 5.38. The Morgan fingerprint density at radius 1 is 1.53 bits per heavy atom. The molecule has 2 N–H and O–H groups in total. The highest BCUT2D eigenvalue weighted by Gasteiger charge is 2.05. The van der Waals surface area contributed by atoms with Crippen LogP contribution in [0.25, 0.3) is 11.2 Å². The Balaban J connectivity index is 2.13. The Labute approximate surface area is 89.9 Å². The molecule has 0 aromatic carbocycles. The molecule has 0 aliphatic heterocycles. The fourth-order valence-corrected chi connectivity index (χ4v) is 2.14. The number of hydrogen-bond acceptors (Lipinski definition) is 4. The predicted molar refractivity (Wildman–Crippen MR) is 56.9 cm³/mol. The molecule has 78 valence electrons. The van der Waals surface area contributed by atoms with Crippen molar-refractivity contribution in [1.82, 2.24) is 15.0 Å². The number of aliphatic carboxylic acids is 1. The summed E-state index contributed by atoms with van der Waals surface area (Å²) in [5.74, 6) is -0.231. The lowest BCUT2D eigenvalue weighted by Gasteiger charge is -1.99. The Morgan fingerprint density at radius 3 is 3.20 bits per heavy atom. The fraction of sp³-hybridized carbons (Fsp3) is 0.222. The van der Waals surface area contributed by atoms with Crippen molar-refractivity contribution in [3.63, 3.8) is 0 Å². The molecule has 2 aromatic heterocycles. The largest absolute Gasteiger partial charge is 0.481 e. The minimum atomic E-state index is -0.780. The fourth-order valence-electron chi connectivity index (χ4n) is 1.19. The second-order valence-corrected chi connectivity index (χ2v) is 4.04. The number of pyridine rings is 1.